The van der Waals surface area contributed by atoms with Crippen LogP contribution in [0.5, 0.6) is 0 Å². The van der Waals surface area contributed by atoms with Gasteiger partial charge >= 0.3 is 5.97 Å². The molecule has 0 saturated carbocycles. The second-order valence-corrected chi connectivity index (χ2v) is 11.0. The molecule has 3 aromatic rings. The molecule has 2 aromatic carbocycles. The number of benzene rings is 2. The number of hydrogen-bond acceptors (Lipinski definition) is 6. The Morgan fingerprint density at radius 3 is 2.36 bits per heavy atom. The number of halogens is 1. The zero-order chi connectivity index (χ0) is 26.6. The minimum atomic E-state index is -4.25. The Hall–Kier alpha value is -3.37. The summed E-state index contributed by atoms with van der Waals surface area (Å²) >= 11 is 0. The van der Waals surface area contributed by atoms with Gasteiger partial charge < -0.3 is 10.8 Å². The number of carboxylic acids is 1. The number of carboxylic acid groups (broad SMARTS) is 1. The molecule has 8 nitrogen and oxygen atoms in total. The van der Waals surface area contributed by atoms with E-state index in [1.54, 1.807) is 0 Å². The fourth-order valence-corrected chi connectivity index (χ4v) is 5.07. The summed E-state index contributed by atoms with van der Waals surface area (Å²) in [5, 5.41) is 9.21. The molecule has 3 rings (SSSR count). The zero-order valence-corrected chi connectivity index (χ0v) is 21.6. The van der Waals surface area contributed by atoms with Crippen LogP contribution in [-0.4, -0.2) is 35.5 Å². The van der Waals surface area contributed by atoms with Crippen molar-refractivity contribution in [2.75, 3.05) is 4.72 Å². The van der Waals surface area contributed by atoms with Gasteiger partial charge in [0.15, 0.2) is 5.82 Å². The quantitative estimate of drug-likeness (QED) is 0.357. The van der Waals surface area contributed by atoms with Crippen molar-refractivity contribution in [3.63, 3.8) is 0 Å². The summed E-state index contributed by atoms with van der Waals surface area (Å²) < 4.78 is 44.1. The lowest BCUT2D eigenvalue weighted by Crippen LogP contribution is -2.23. The van der Waals surface area contributed by atoms with Crippen LogP contribution in [0.25, 0.3) is 11.3 Å². The van der Waals surface area contributed by atoms with Crippen molar-refractivity contribution >= 4 is 21.9 Å². The monoisotopic (exact) mass is 514 g/mol. The molecule has 0 aliphatic heterocycles. The zero-order valence-electron chi connectivity index (χ0n) is 20.7. The molecule has 10 heteroatoms. The van der Waals surface area contributed by atoms with Gasteiger partial charge in [-0.2, -0.15) is 0 Å². The SMILES string of the molecule is Cc1cccc(C)c1-c1nc(NS(=O)(=O)c2cccc(C(=O)O)c2)nc(CCC(N)CC(C)C)c1F. The van der Waals surface area contributed by atoms with Gasteiger partial charge in [0, 0.05) is 11.6 Å². The Morgan fingerprint density at radius 2 is 1.75 bits per heavy atom. The number of nitrogens with zero attached hydrogens (tertiary/aromatic N) is 2. The molecule has 4 N–H and O–H groups in total. The summed E-state index contributed by atoms with van der Waals surface area (Å²) in [5.41, 5.74) is 8.16. The summed E-state index contributed by atoms with van der Waals surface area (Å²) in [7, 11) is -4.25. The number of nitrogens with one attached hydrogen (secondary N) is 1. The fraction of sp³-hybridized carbons (Fsp3) is 0.346. The van der Waals surface area contributed by atoms with Crippen molar-refractivity contribution in [1.29, 1.82) is 0 Å². The molecule has 0 spiro atoms. The van der Waals surface area contributed by atoms with E-state index in [1.807, 2.05) is 32.0 Å². The summed E-state index contributed by atoms with van der Waals surface area (Å²) in [4.78, 5) is 19.4. The number of rotatable bonds is 10. The molecular weight excluding hydrogens is 483 g/mol. The van der Waals surface area contributed by atoms with Gasteiger partial charge in [0.25, 0.3) is 10.0 Å². The van der Waals surface area contributed by atoms with E-state index >= 15 is 4.39 Å². The highest BCUT2D eigenvalue weighted by Crippen LogP contribution is 2.31. The number of aryl methyl sites for hydroxylation is 3. The van der Waals surface area contributed by atoms with Crippen molar-refractivity contribution in [3.8, 4) is 11.3 Å². The number of aromatic nitrogens is 2. The molecule has 0 amide bonds. The van der Waals surface area contributed by atoms with Crippen molar-refractivity contribution in [2.24, 2.45) is 11.7 Å². The molecular formula is C26H31FN4O4S. The number of sulfonamides is 1. The van der Waals surface area contributed by atoms with E-state index < -0.39 is 21.8 Å². The number of anilines is 1. The van der Waals surface area contributed by atoms with Crippen LogP contribution in [0.1, 0.15) is 53.9 Å². The van der Waals surface area contributed by atoms with Gasteiger partial charge in [-0.25, -0.2) is 32.3 Å². The second-order valence-electron chi connectivity index (χ2n) is 9.29. The van der Waals surface area contributed by atoms with Crippen LogP contribution in [0.4, 0.5) is 10.3 Å². The largest absolute Gasteiger partial charge is 0.478 e. The molecule has 0 aliphatic rings. The van der Waals surface area contributed by atoms with Gasteiger partial charge in [0.1, 0.15) is 5.69 Å². The van der Waals surface area contributed by atoms with Gasteiger partial charge in [0.05, 0.1) is 16.2 Å². The third-order valence-corrected chi connectivity index (χ3v) is 7.11. The number of hydrogen-bond donors (Lipinski definition) is 3. The lowest BCUT2D eigenvalue weighted by molar-refractivity contribution is 0.0696. The average molecular weight is 515 g/mol. The maximum Gasteiger partial charge on any atom is 0.335 e. The molecule has 1 aromatic heterocycles. The molecule has 36 heavy (non-hydrogen) atoms. The third-order valence-electron chi connectivity index (χ3n) is 5.78. The van der Waals surface area contributed by atoms with E-state index in [0.29, 0.717) is 17.9 Å². The Bertz CT molecular complexity index is 1360. The van der Waals surface area contributed by atoms with Gasteiger partial charge in [0.2, 0.25) is 5.95 Å². The van der Waals surface area contributed by atoms with Crippen molar-refractivity contribution < 1.29 is 22.7 Å². The van der Waals surface area contributed by atoms with Crippen LogP contribution in [0, 0.1) is 25.6 Å². The molecule has 1 heterocycles. The van der Waals surface area contributed by atoms with E-state index in [4.69, 9.17) is 5.73 Å². The predicted molar refractivity (Wildman–Crippen MR) is 137 cm³/mol. The lowest BCUT2D eigenvalue weighted by atomic mass is 9.97. The Morgan fingerprint density at radius 1 is 1.11 bits per heavy atom. The van der Waals surface area contributed by atoms with Gasteiger partial charge in [-0.15, -0.1) is 0 Å². The second kappa shape index (κ2) is 11.1. The van der Waals surface area contributed by atoms with Crippen LogP contribution < -0.4 is 10.5 Å². The molecule has 1 unspecified atom stereocenters. The molecule has 0 saturated heterocycles. The molecule has 192 valence electrons. The predicted octanol–water partition coefficient (Wildman–Crippen LogP) is 4.70. The van der Waals surface area contributed by atoms with E-state index in [0.717, 1.165) is 23.6 Å². The first-order valence-electron chi connectivity index (χ1n) is 11.6. The first kappa shape index (κ1) is 27.2. The van der Waals surface area contributed by atoms with Gasteiger partial charge in [-0.1, -0.05) is 38.1 Å². The van der Waals surface area contributed by atoms with Crippen LogP contribution in [0.2, 0.25) is 0 Å². The van der Waals surface area contributed by atoms with Crippen molar-refractivity contribution in [1.82, 2.24) is 9.97 Å². The first-order valence-corrected chi connectivity index (χ1v) is 13.1. The topological polar surface area (TPSA) is 135 Å². The highest BCUT2D eigenvalue weighted by Gasteiger charge is 2.23. The van der Waals surface area contributed by atoms with Crippen LogP contribution >= 0.6 is 0 Å². The van der Waals surface area contributed by atoms with E-state index in [2.05, 4.69) is 28.5 Å². The highest BCUT2D eigenvalue weighted by molar-refractivity contribution is 7.92. The maximum absolute atomic E-state index is 15.7. The molecule has 1 atom stereocenters. The number of nitrogens with two attached hydrogens (primary N) is 1. The molecule has 0 aliphatic carbocycles. The molecule has 0 fully saturated rings. The average Bonchev–Trinajstić information content (AvgIpc) is 2.79. The van der Waals surface area contributed by atoms with Crippen LogP contribution in [-0.2, 0) is 16.4 Å². The summed E-state index contributed by atoms with van der Waals surface area (Å²) in [6.45, 7) is 7.75. The fourth-order valence-electron chi connectivity index (χ4n) is 4.08. The third kappa shape index (κ3) is 6.44. The van der Waals surface area contributed by atoms with Crippen molar-refractivity contribution in [2.45, 2.75) is 57.9 Å². The highest BCUT2D eigenvalue weighted by atomic mass is 32.2. The summed E-state index contributed by atoms with van der Waals surface area (Å²) in [6.07, 6.45) is 1.42. The van der Waals surface area contributed by atoms with Gasteiger partial charge in [-0.05, 0) is 68.4 Å². The summed E-state index contributed by atoms with van der Waals surface area (Å²) in [6, 6.07) is 10.2. The standard InChI is InChI=1S/C26H31FN4O4S/c1-15(2)13-19(28)11-12-21-23(27)24(22-16(3)7-5-8-17(22)4)30-26(29-21)31-36(34,35)20-10-6-9-18(14-20)25(32)33/h5-10,14-15,19H,11-13,28H2,1-4H3,(H,32,33)(H,29,30,31). The minimum Gasteiger partial charge on any atom is -0.478 e. The normalized spacial score (nSPS) is 12.5. The lowest BCUT2D eigenvalue weighted by Gasteiger charge is -2.17. The first-order chi connectivity index (χ1) is 16.9. The summed E-state index contributed by atoms with van der Waals surface area (Å²) in [5.74, 6) is -1.81. The van der Waals surface area contributed by atoms with E-state index in [-0.39, 0.29) is 40.3 Å². The Kier molecular flexibility index (Phi) is 8.42. The number of carbonyl (C=O) groups is 1. The Labute approximate surface area is 210 Å². The van der Waals surface area contributed by atoms with Crippen LogP contribution in [0.3, 0.4) is 0 Å². The number of aromatic carboxylic acids is 1. The molecule has 0 bridgehead atoms. The smallest absolute Gasteiger partial charge is 0.335 e. The molecule has 0 radical (unpaired) electrons. The van der Waals surface area contributed by atoms with Crippen LogP contribution in [0.15, 0.2) is 47.4 Å². The minimum absolute atomic E-state index is 0.00924. The van der Waals surface area contributed by atoms with E-state index in [9.17, 15) is 18.3 Å². The van der Waals surface area contributed by atoms with Gasteiger partial charge in [-0.3, -0.25) is 0 Å². The maximum atomic E-state index is 15.7. The Balaban J connectivity index is 2.07. The van der Waals surface area contributed by atoms with E-state index in [1.165, 1.54) is 18.2 Å². The van der Waals surface area contributed by atoms with Crippen molar-refractivity contribution in [3.05, 3.63) is 70.7 Å².